The highest BCUT2D eigenvalue weighted by Gasteiger charge is 2.28. The van der Waals surface area contributed by atoms with Gasteiger partial charge in [0.2, 0.25) is 5.91 Å². The van der Waals surface area contributed by atoms with Gasteiger partial charge in [-0.25, -0.2) is 0 Å². The summed E-state index contributed by atoms with van der Waals surface area (Å²) in [5, 5.41) is 0. The summed E-state index contributed by atoms with van der Waals surface area (Å²) in [5.41, 5.74) is 1.10. The summed E-state index contributed by atoms with van der Waals surface area (Å²) < 4.78 is 0. The number of hydrogen-bond donors (Lipinski definition) is 0. The van der Waals surface area contributed by atoms with Crippen molar-refractivity contribution in [1.82, 2.24) is 9.80 Å². The minimum atomic E-state index is 0.244. The molecule has 2 unspecified atom stereocenters. The van der Waals surface area contributed by atoms with Gasteiger partial charge in [-0.3, -0.25) is 9.69 Å². The molecule has 1 heterocycles. The van der Waals surface area contributed by atoms with Gasteiger partial charge in [0.1, 0.15) is 0 Å². The molecule has 1 saturated heterocycles. The Labute approximate surface area is 109 Å². The number of hydrogen-bond acceptors (Lipinski definition) is 2. The number of piperazine rings is 1. The summed E-state index contributed by atoms with van der Waals surface area (Å²) in [6.07, 6.45) is 0.518. The number of carbonyl (C=O) groups is 1. The SMILES string of the molecule is CC1CN(C(=O)Cc2ccccc2)CC(C)N1C. The minimum Gasteiger partial charge on any atom is -0.339 e. The highest BCUT2D eigenvalue weighted by molar-refractivity contribution is 5.79. The number of likely N-dealkylation sites (N-methyl/N-ethyl adjacent to an activating group) is 1. The van der Waals surface area contributed by atoms with Crippen LogP contribution in [0.5, 0.6) is 0 Å². The molecular formula is C15H22N2O. The number of amides is 1. The van der Waals surface area contributed by atoms with Crippen molar-refractivity contribution in [2.75, 3.05) is 20.1 Å². The van der Waals surface area contributed by atoms with E-state index >= 15 is 0 Å². The highest BCUT2D eigenvalue weighted by atomic mass is 16.2. The Morgan fingerprint density at radius 2 is 1.72 bits per heavy atom. The first-order valence-electron chi connectivity index (χ1n) is 6.61. The number of nitrogens with zero attached hydrogens (tertiary/aromatic N) is 2. The molecule has 1 aliphatic heterocycles. The Kier molecular flexibility index (Phi) is 4.02. The van der Waals surface area contributed by atoms with Gasteiger partial charge in [-0.15, -0.1) is 0 Å². The topological polar surface area (TPSA) is 23.6 Å². The molecule has 1 amide bonds. The zero-order valence-corrected chi connectivity index (χ0v) is 11.5. The maximum absolute atomic E-state index is 12.3. The first kappa shape index (κ1) is 13.1. The second-order valence-electron chi connectivity index (χ2n) is 5.32. The van der Waals surface area contributed by atoms with Crippen molar-refractivity contribution in [2.24, 2.45) is 0 Å². The maximum atomic E-state index is 12.3. The van der Waals surface area contributed by atoms with Crippen LogP contribution >= 0.6 is 0 Å². The molecule has 98 valence electrons. The van der Waals surface area contributed by atoms with Crippen molar-refractivity contribution >= 4 is 5.91 Å². The molecule has 3 nitrogen and oxygen atoms in total. The van der Waals surface area contributed by atoms with Crippen molar-refractivity contribution in [3.05, 3.63) is 35.9 Å². The fourth-order valence-corrected chi connectivity index (χ4v) is 2.49. The van der Waals surface area contributed by atoms with Gasteiger partial charge in [0.05, 0.1) is 6.42 Å². The molecule has 0 saturated carbocycles. The van der Waals surface area contributed by atoms with Gasteiger partial charge >= 0.3 is 0 Å². The van der Waals surface area contributed by atoms with Crippen LogP contribution in [0.4, 0.5) is 0 Å². The summed E-state index contributed by atoms with van der Waals surface area (Å²) in [5.74, 6) is 0.244. The van der Waals surface area contributed by atoms with E-state index in [2.05, 4.69) is 25.8 Å². The Balaban J connectivity index is 1.98. The van der Waals surface area contributed by atoms with E-state index in [4.69, 9.17) is 0 Å². The molecule has 0 N–H and O–H groups in total. The fraction of sp³-hybridized carbons (Fsp3) is 0.533. The van der Waals surface area contributed by atoms with E-state index in [9.17, 15) is 4.79 Å². The van der Waals surface area contributed by atoms with Crippen molar-refractivity contribution in [2.45, 2.75) is 32.4 Å². The molecule has 1 aliphatic rings. The normalized spacial score (nSPS) is 25.2. The molecular weight excluding hydrogens is 224 g/mol. The number of carbonyl (C=O) groups excluding carboxylic acids is 1. The van der Waals surface area contributed by atoms with Gasteiger partial charge in [0, 0.05) is 25.2 Å². The molecule has 0 radical (unpaired) electrons. The highest BCUT2D eigenvalue weighted by Crippen LogP contribution is 2.14. The first-order valence-corrected chi connectivity index (χ1v) is 6.61. The second kappa shape index (κ2) is 5.53. The van der Waals surface area contributed by atoms with Crippen LogP contribution in [0.15, 0.2) is 30.3 Å². The summed E-state index contributed by atoms with van der Waals surface area (Å²) in [7, 11) is 2.13. The van der Waals surface area contributed by atoms with Crippen molar-refractivity contribution in [1.29, 1.82) is 0 Å². The molecule has 1 aromatic carbocycles. The summed E-state index contributed by atoms with van der Waals surface area (Å²) in [6, 6.07) is 10.9. The lowest BCUT2D eigenvalue weighted by Crippen LogP contribution is -2.56. The summed E-state index contributed by atoms with van der Waals surface area (Å²) >= 11 is 0. The van der Waals surface area contributed by atoms with Crippen LogP contribution in [-0.2, 0) is 11.2 Å². The van der Waals surface area contributed by atoms with Crippen molar-refractivity contribution in [3.8, 4) is 0 Å². The molecule has 1 fully saturated rings. The zero-order valence-electron chi connectivity index (χ0n) is 11.5. The van der Waals surface area contributed by atoms with Gasteiger partial charge in [-0.1, -0.05) is 30.3 Å². The molecule has 2 atom stereocenters. The van der Waals surface area contributed by atoms with Crippen molar-refractivity contribution < 1.29 is 4.79 Å². The standard InChI is InChI=1S/C15H22N2O/c1-12-10-17(11-13(2)16(12)3)15(18)9-14-7-5-4-6-8-14/h4-8,12-13H,9-11H2,1-3H3. The summed E-state index contributed by atoms with van der Waals surface area (Å²) in [4.78, 5) is 16.6. The van der Waals surface area contributed by atoms with E-state index in [0.717, 1.165) is 18.7 Å². The zero-order chi connectivity index (χ0) is 13.1. The lowest BCUT2D eigenvalue weighted by atomic mass is 10.1. The monoisotopic (exact) mass is 246 g/mol. The van der Waals surface area contributed by atoms with Gasteiger partial charge in [0.15, 0.2) is 0 Å². The second-order valence-corrected chi connectivity index (χ2v) is 5.32. The third-order valence-electron chi connectivity index (χ3n) is 3.91. The largest absolute Gasteiger partial charge is 0.339 e. The third kappa shape index (κ3) is 2.91. The Morgan fingerprint density at radius 3 is 2.28 bits per heavy atom. The molecule has 0 aromatic heterocycles. The molecule has 18 heavy (non-hydrogen) atoms. The molecule has 2 rings (SSSR count). The lowest BCUT2D eigenvalue weighted by Gasteiger charge is -2.42. The molecule has 1 aromatic rings. The van der Waals surface area contributed by atoms with Crippen LogP contribution in [-0.4, -0.2) is 47.9 Å². The predicted molar refractivity (Wildman–Crippen MR) is 73.4 cm³/mol. The number of benzene rings is 1. The Bertz CT molecular complexity index is 392. The molecule has 0 bridgehead atoms. The molecule has 0 spiro atoms. The van der Waals surface area contributed by atoms with Crippen LogP contribution in [0.25, 0.3) is 0 Å². The van der Waals surface area contributed by atoms with Crippen LogP contribution < -0.4 is 0 Å². The quantitative estimate of drug-likeness (QED) is 0.794. The first-order chi connectivity index (χ1) is 8.58. The van der Waals surface area contributed by atoms with Crippen LogP contribution in [0.2, 0.25) is 0 Å². The van der Waals surface area contributed by atoms with Gasteiger partial charge in [-0.2, -0.15) is 0 Å². The van der Waals surface area contributed by atoms with Crippen LogP contribution in [0.3, 0.4) is 0 Å². The van der Waals surface area contributed by atoms with E-state index in [0.29, 0.717) is 18.5 Å². The Hall–Kier alpha value is -1.35. The maximum Gasteiger partial charge on any atom is 0.227 e. The van der Waals surface area contributed by atoms with E-state index in [1.54, 1.807) is 0 Å². The van der Waals surface area contributed by atoms with E-state index in [1.165, 1.54) is 0 Å². The molecule has 0 aliphatic carbocycles. The Morgan fingerprint density at radius 1 is 1.17 bits per heavy atom. The van der Waals surface area contributed by atoms with E-state index < -0.39 is 0 Å². The third-order valence-corrected chi connectivity index (χ3v) is 3.91. The average molecular weight is 246 g/mol. The van der Waals surface area contributed by atoms with Crippen LogP contribution in [0, 0.1) is 0 Å². The minimum absolute atomic E-state index is 0.244. The van der Waals surface area contributed by atoms with E-state index in [1.807, 2.05) is 35.2 Å². The van der Waals surface area contributed by atoms with Gasteiger partial charge in [-0.05, 0) is 26.5 Å². The van der Waals surface area contributed by atoms with E-state index in [-0.39, 0.29) is 5.91 Å². The number of rotatable bonds is 2. The lowest BCUT2D eigenvalue weighted by molar-refractivity contribution is -0.134. The smallest absolute Gasteiger partial charge is 0.227 e. The average Bonchev–Trinajstić information content (AvgIpc) is 2.36. The molecule has 3 heteroatoms. The predicted octanol–water partition coefficient (Wildman–Crippen LogP) is 1.78. The van der Waals surface area contributed by atoms with Gasteiger partial charge in [0.25, 0.3) is 0 Å². The fourth-order valence-electron chi connectivity index (χ4n) is 2.49. The van der Waals surface area contributed by atoms with Gasteiger partial charge < -0.3 is 4.90 Å². The van der Waals surface area contributed by atoms with Crippen molar-refractivity contribution in [3.63, 3.8) is 0 Å². The summed E-state index contributed by atoms with van der Waals surface area (Å²) in [6.45, 7) is 6.04. The van der Waals surface area contributed by atoms with Crippen LogP contribution in [0.1, 0.15) is 19.4 Å².